The van der Waals surface area contributed by atoms with Crippen molar-refractivity contribution in [1.29, 1.82) is 0 Å². The van der Waals surface area contributed by atoms with Crippen LogP contribution in [0.25, 0.3) is 22.2 Å². The predicted octanol–water partition coefficient (Wildman–Crippen LogP) is 6.51. The molecule has 2 saturated heterocycles. The number of fused-ring (bicyclic) bond motifs is 1. The third-order valence-corrected chi connectivity index (χ3v) is 9.09. The van der Waals surface area contributed by atoms with Gasteiger partial charge >= 0.3 is 0 Å². The lowest BCUT2D eigenvalue weighted by atomic mass is 9.90. The van der Waals surface area contributed by atoms with Gasteiger partial charge in [-0.15, -0.1) is 0 Å². The lowest BCUT2D eigenvalue weighted by Crippen LogP contribution is -2.40. The Kier molecular flexibility index (Phi) is 11.1. The summed E-state index contributed by atoms with van der Waals surface area (Å²) in [4.78, 5) is 28.2. The Balaban J connectivity index is 1.44. The van der Waals surface area contributed by atoms with Gasteiger partial charge in [-0.25, -0.2) is 23.7 Å². The number of unbranched alkanes of at least 4 members (excludes halogenated alkanes) is 1. The molecule has 2 aliphatic heterocycles. The van der Waals surface area contributed by atoms with E-state index in [0.29, 0.717) is 84.7 Å². The lowest BCUT2D eigenvalue weighted by molar-refractivity contribution is -0.116. The molecule has 0 unspecified atom stereocenters. The SMILES string of the molecule is C=CC(=O)C[C@H]1CCOC[C@H]1Nc1ncc2cc(-c3c(Cl)c(OC)cc(OC)c3Cl)nc(NCCCCN3CCC(F)(F)C3)c2n1. The maximum absolute atomic E-state index is 13.6. The van der Waals surface area contributed by atoms with E-state index in [9.17, 15) is 13.6 Å². The molecule has 2 atom stereocenters. The minimum Gasteiger partial charge on any atom is -0.495 e. The smallest absolute Gasteiger partial charge is 0.261 e. The number of hydrogen-bond acceptors (Lipinski definition) is 10. The lowest BCUT2D eigenvalue weighted by Gasteiger charge is -2.31. The summed E-state index contributed by atoms with van der Waals surface area (Å²) in [5.74, 6) is -1.01. The van der Waals surface area contributed by atoms with Gasteiger partial charge in [-0.3, -0.25) is 9.69 Å². The molecule has 0 amide bonds. The maximum atomic E-state index is 13.6. The van der Waals surface area contributed by atoms with E-state index in [1.165, 1.54) is 20.3 Å². The van der Waals surface area contributed by atoms with E-state index in [2.05, 4.69) is 22.2 Å². The molecule has 0 aliphatic carbocycles. The second kappa shape index (κ2) is 15.1. The summed E-state index contributed by atoms with van der Waals surface area (Å²) in [6.45, 7) is 5.91. The number of likely N-dealkylation sites (tertiary alicyclic amines) is 1. The first kappa shape index (κ1) is 34.0. The third-order valence-electron chi connectivity index (χ3n) is 8.34. The van der Waals surface area contributed by atoms with E-state index in [-0.39, 0.29) is 40.8 Å². The molecule has 5 rings (SSSR count). The number of allylic oxidation sites excluding steroid dienone is 1. The molecule has 248 valence electrons. The van der Waals surface area contributed by atoms with Crippen LogP contribution in [0.4, 0.5) is 20.5 Å². The van der Waals surface area contributed by atoms with E-state index < -0.39 is 5.92 Å². The highest BCUT2D eigenvalue weighted by Crippen LogP contribution is 2.46. The summed E-state index contributed by atoms with van der Waals surface area (Å²) < 4.78 is 43.8. The summed E-state index contributed by atoms with van der Waals surface area (Å²) >= 11 is 13.5. The number of ketones is 1. The average Bonchev–Trinajstić information content (AvgIpc) is 3.40. The van der Waals surface area contributed by atoms with Crippen LogP contribution in [0.3, 0.4) is 0 Å². The summed E-state index contributed by atoms with van der Waals surface area (Å²) in [7, 11) is 3.00. The van der Waals surface area contributed by atoms with Crippen molar-refractivity contribution < 1.29 is 27.8 Å². The van der Waals surface area contributed by atoms with E-state index >= 15 is 0 Å². The van der Waals surface area contributed by atoms with Crippen molar-refractivity contribution in [3.63, 3.8) is 0 Å². The van der Waals surface area contributed by atoms with Crippen molar-refractivity contribution in [2.75, 3.05) is 64.2 Å². The Morgan fingerprint density at radius 2 is 1.96 bits per heavy atom. The number of carbonyl (C=O) groups excluding carboxylic acids is 1. The molecule has 4 heterocycles. The number of nitrogens with zero attached hydrogens (tertiary/aromatic N) is 4. The number of alkyl halides is 2. The standard InChI is InChI=1S/C32H38Cl2F2N6O4/c1-4-21(43)13-19-7-12-46-17-23(19)40-31-38-16-20-14-22(26-27(33)24(44-2)15-25(45-3)28(26)34)39-30(29(20)41-31)37-9-5-6-10-42-11-8-32(35,36)18-42/h4,14-16,19,23H,1,5-13,17-18H2,2-3H3,(H,37,39)(H,38,40,41)/t19-,23-/m1/s1. The Labute approximate surface area is 276 Å². The quantitative estimate of drug-likeness (QED) is 0.145. The second-order valence-corrected chi connectivity index (χ2v) is 12.3. The Bertz CT molecular complexity index is 1550. The van der Waals surface area contributed by atoms with E-state index in [4.69, 9.17) is 47.4 Å². The van der Waals surface area contributed by atoms with Crippen LogP contribution < -0.4 is 20.1 Å². The van der Waals surface area contributed by atoms with Crippen LogP contribution in [0.2, 0.25) is 10.0 Å². The molecule has 2 aromatic heterocycles. The summed E-state index contributed by atoms with van der Waals surface area (Å²) in [6.07, 6.45) is 5.47. The minimum absolute atomic E-state index is 0.0220. The normalized spacial score (nSPS) is 19.6. The van der Waals surface area contributed by atoms with Gasteiger partial charge in [-0.1, -0.05) is 29.8 Å². The molecule has 0 spiro atoms. The predicted molar refractivity (Wildman–Crippen MR) is 176 cm³/mol. The third kappa shape index (κ3) is 7.96. The highest BCUT2D eigenvalue weighted by Gasteiger charge is 2.37. The van der Waals surface area contributed by atoms with Gasteiger partial charge in [0.25, 0.3) is 5.92 Å². The largest absolute Gasteiger partial charge is 0.495 e. The molecule has 0 bridgehead atoms. The average molecular weight is 680 g/mol. The van der Waals surface area contributed by atoms with E-state index in [0.717, 1.165) is 19.3 Å². The van der Waals surface area contributed by atoms with Gasteiger partial charge in [0, 0.05) is 55.8 Å². The molecule has 10 nitrogen and oxygen atoms in total. The first-order chi connectivity index (χ1) is 22.1. The van der Waals surface area contributed by atoms with Crippen LogP contribution in [-0.2, 0) is 9.53 Å². The zero-order valence-electron chi connectivity index (χ0n) is 25.9. The highest BCUT2D eigenvalue weighted by atomic mass is 35.5. The monoisotopic (exact) mass is 678 g/mol. The first-order valence-electron chi connectivity index (χ1n) is 15.2. The van der Waals surface area contributed by atoms with E-state index in [1.54, 1.807) is 23.2 Å². The van der Waals surface area contributed by atoms with Crippen molar-refractivity contribution in [2.24, 2.45) is 5.92 Å². The first-order valence-corrected chi connectivity index (χ1v) is 16.0. The molecule has 2 aliphatic rings. The van der Waals surface area contributed by atoms with Crippen LogP contribution in [0, 0.1) is 5.92 Å². The summed E-state index contributed by atoms with van der Waals surface area (Å²) in [5, 5.41) is 7.95. The molecule has 2 N–H and O–H groups in total. The van der Waals surface area contributed by atoms with Gasteiger partial charge in [-0.05, 0) is 43.9 Å². The van der Waals surface area contributed by atoms with E-state index in [1.807, 2.05) is 0 Å². The number of ether oxygens (including phenoxy) is 3. The van der Waals surface area contributed by atoms with Crippen LogP contribution in [0.5, 0.6) is 11.5 Å². The molecule has 0 radical (unpaired) electrons. The Morgan fingerprint density at radius 3 is 2.63 bits per heavy atom. The number of aromatic nitrogens is 3. The van der Waals surface area contributed by atoms with Crippen molar-refractivity contribution in [1.82, 2.24) is 19.9 Å². The zero-order valence-corrected chi connectivity index (χ0v) is 27.4. The highest BCUT2D eigenvalue weighted by molar-refractivity contribution is 6.41. The number of hydrogen-bond donors (Lipinski definition) is 2. The number of rotatable bonds is 14. The topological polar surface area (TPSA) is 111 Å². The number of pyridine rings is 1. The molecule has 0 saturated carbocycles. The Morgan fingerprint density at radius 1 is 1.20 bits per heavy atom. The Hall–Kier alpha value is -3.32. The maximum Gasteiger partial charge on any atom is 0.261 e. The molecular formula is C32H38Cl2F2N6O4. The number of halogens is 4. The second-order valence-electron chi connectivity index (χ2n) is 11.5. The van der Waals surface area contributed by atoms with Crippen molar-refractivity contribution >= 4 is 51.7 Å². The van der Waals surface area contributed by atoms with Crippen LogP contribution in [-0.4, -0.2) is 91.2 Å². The molecule has 1 aromatic carbocycles. The fourth-order valence-corrected chi connectivity index (χ4v) is 6.52. The van der Waals surface area contributed by atoms with Gasteiger partial charge in [0.2, 0.25) is 5.95 Å². The van der Waals surface area contributed by atoms with Crippen LogP contribution in [0.1, 0.15) is 32.1 Å². The molecule has 46 heavy (non-hydrogen) atoms. The zero-order chi connectivity index (χ0) is 32.8. The fraction of sp³-hybridized carbons (Fsp3) is 0.500. The number of nitrogens with one attached hydrogen (secondary N) is 2. The van der Waals surface area contributed by atoms with Gasteiger partial charge in [0.05, 0.1) is 49.2 Å². The van der Waals surface area contributed by atoms with Gasteiger partial charge in [-0.2, -0.15) is 0 Å². The summed E-state index contributed by atoms with van der Waals surface area (Å²) in [5.41, 5.74) is 1.43. The van der Waals surface area contributed by atoms with Crippen molar-refractivity contribution in [2.45, 2.75) is 44.1 Å². The number of anilines is 2. The van der Waals surface area contributed by atoms with Gasteiger partial charge < -0.3 is 24.8 Å². The number of carbonyl (C=O) groups is 1. The number of methoxy groups -OCH3 is 2. The summed E-state index contributed by atoms with van der Waals surface area (Å²) in [6, 6.07) is 3.23. The van der Waals surface area contributed by atoms with Crippen LogP contribution >= 0.6 is 23.2 Å². The van der Waals surface area contributed by atoms with Gasteiger partial charge in [0.15, 0.2) is 11.6 Å². The molecule has 3 aromatic rings. The van der Waals surface area contributed by atoms with Crippen molar-refractivity contribution in [3.8, 4) is 22.8 Å². The van der Waals surface area contributed by atoms with Crippen LogP contribution in [0.15, 0.2) is 31.0 Å². The van der Waals surface area contributed by atoms with Gasteiger partial charge in [0.1, 0.15) is 17.0 Å². The fourth-order valence-electron chi connectivity index (χ4n) is 5.83. The van der Waals surface area contributed by atoms with Crippen molar-refractivity contribution in [3.05, 3.63) is 41.0 Å². The number of benzene rings is 1. The molecule has 2 fully saturated rings. The molecule has 14 heteroatoms. The minimum atomic E-state index is -2.61. The molecular weight excluding hydrogens is 641 g/mol.